The van der Waals surface area contributed by atoms with Gasteiger partial charge in [-0.05, 0) is 32.4 Å². The zero-order chi connectivity index (χ0) is 17.3. The molecule has 3 heterocycles. The zero-order valence-corrected chi connectivity index (χ0v) is 15.0. The van der Waals surface area contributed by atoms with Crippen LogP contribution in [0.5, 0.6) is 0 Å². The van der Waals surface area contributed by atoms with Gasteiger partial charge in [0.1, 0.15) is 5.60 Å². The smallest absolute Gasteiger partial charge is 0.410 e. The first kappa shape index (κ1) is 17.0. The minimum atomic E-state index is -0.478. The normalized spacial score (nSPS) is 21.4. The van der Waals surface area contributed by atoms with E-state index in [-0.39, 0.29) is 12.0 Å². The summed E-state index contributed by atoms with van der Waals surface area (Å²) in [7, 11) is 0. The Bertz CT molecular complexity index is 606. The predicted octanol–water partition coefficient (Wildman–Crippen LogP) is 2.77. The molecular weight excluding hydrogens is 306 g/mol. The lowest BCUT2D eigenvalue weighted by Crippen LogP contribution is -2.41. The van der Waals surface area contributed by atoms with Crippen molar-refractivity contribution in [3.63, 3.8) is 0 Å². The van der Waals surface area contributed by atoms with Crippen molar-refractivity contribution in [2.24, 2.45) is 0 Å². The van der Waals surface area contributed by atoms with Crippen molar-refractivity contribution in [3.05, 3.63) is 23.5 Å². The van der Waals surface area contributed by atoms with Gasteiger partial charge in [-0.1, -0.05) is 6.92 Å². The van der Waals surface area contributed by atoms with E-state index >= 15 is 0 Å². The molecule has 1 unspecified atom stereocenters. The summed E-state index contributed by atoms with van der Waals surface area (Å²) in [4.78, 5) is 21.2. The Balaban J connectivity index is 1.78. The first-order chi connectivity index (χ1) is 11.3. The molecule has 0 aromatic carbocycles. The molecule has 0 radical (unpaired) electrons. The van der Waals surface area contributed by atoms with Gasteiger partial charge in [0.2, 0.25) is 0 Å². The molecule has 1 fully saturated rings. The number of ether oxygens (including phenoxy) is 2. The minimum Gasteiger partial charge on any atom is -0.444 e. The molecule has 3 rings (SSSR count). The van der Waals surface area contributed by atoms with Crippen LogP contribution in [0.3, 0.4) is 0 Å². The van der Waals surface area contributed by atoms with Gasteiger partial charge in [0.25, 0.3) is 0 Å². The van der Waals surface area contributed by atoms with Gasteiger partial charge in [0.15, 0.2) is 0 Å². The van der Waals surface area contributed by atoms with Gasteiger partial charge < -0.3 is 19.3 Å². The van der Waals surface area contributed by atoms with E-state index in [1.165, 1.54) is 0 Å². The molecule has 0 aliphatic carbocycles. The fraction of sp³-hybridized carbons (Fsp3) is 0.667. The summed E-state index contributed by atoms with van der Waals surface area (Å²) in [6.45, 7) is 12.2. The van der Waals surface area contributed by atoms with Gasteiger partial charge in [-0.15, -0.1) is 0 Å². The first-order valence-corrected chi connectivity index (χ1v) is 8.63. The third-order valence-corrected chi connectivity index (χ3v) is 4.34. The number of amides is 1. The van der Waals surface area contributed by atoms with Gasteiger partial charge in [0, 0.05) is 25.6 Å². The van der Waals surface area contributed by atoms with Crippen molar-refractivity contribution < 1.29 is 14.3 Å². The first-order valence-electron chi connectivity index (χ1n) is 8.63. The number of fused-ring (bicyclic) bond motifs is 1. The standard InChI is InChI=1S/C18H27N3O3/c1-13-11-21(17(22)24-18(2,3)4)12-14-9-15(10-19-16(13)14)20-5-7-23-8-6-20/h9-10,13H,5-8,11-12H2,1-4H3. The number of aromatic nitrogens is 1. The van der Waals surface area contributed by atoms with Gasteiger partial charge in [0.05, 0.1) is 37.3 Å². The molecule has 0 bridgehead atoms. The molecule has 1 atom stereocenters. The molecule has 132 valence electrons. The third-order valence-electron chi connectivity index (χ3n) is 4.34. The van der Waals surface area contributed by atoms with Crippen molar-refractivity contribution in [3.8, 4) is 0 Å². The molecule has 24 heavy (non-hydrogen) atoms. The summed E-state index contributed by atoms with van der Waals surface area (Å²) < 4.78 is 10.9. The van der Waals surface area contributed by atoms with Crippen LogP contribution in [0.15, 0.2) is 12.3 Å². The second kappa shape index (κ2) is 6.59. The minimum absolute atomic E-state index is 0.208. The lowest BCUT2D eigenvalue weighted by atomic mass is 9.96. The Kier molecular flexibility index (Phi) is 4.67. The highest BCUT2D eigenvalue weighted by molar-refractivity contribution is 5.69. The van der Waals surface area contributed by atoms with Crippen LogP contribution in [0.4, 0.5) is 10.5 Å². The number of nitrogens with zero attached hydrogens (tertiary/aromatic N) is 3. The average molecular weight is 333 g/mol. The molecule has 2 aliphatic heterocycles. The second-order valence-electron chi connectivity index (χ2n) is 7.60. The number of rotatable bonds is 1. The Morgan fingerprint density at radius 1 is 1.33 bits per heavy atom. The predicted molar refractivity (Wildman–Crippen MR) is 92.3 cm³/mol. The lowest BCUT2D eigenvalue weighted by Gasteiger charge is -2.35. The Labute approximate surface area is 143 Å². The average Bonchev–Trinajstić information content (AvgIpc) is 2.53. The fourth-order valence-electron chi connectivity index (χ4n) is 3.23. The summed E-state index contributed by atoms with van der Waals surface area (Å²) in [5, 5.41) is 0. The van der Waals surface area contributed by atoms with Gasteiger partial charge in [-0.3, -0.25) is 4.98 Å². The number of hydrogen-bond acceptors (Lipinski definition) is 5. The Hall–Kier alpha value is -1.82. The summed E-state index contributed by atoms with van der Waals surface area (Å²) in [5.74, 6) is 0.208. The van der Waals surface area contributed by atoms with Gasteiger partial charge >= 0.3 is 6.09 Å². The van der Waals surface area contributed by atoms with Crippen molar-refractivity contribution in [1.29, 1.82) is 0 Å². The number of morpholine rings is 1. The lowest BCUT2D eigenvalue weighted by molar-refractivity contribution is 0.0207. The molecule has 6 nitrogen and oxygen atoms in total. The van der Waals surface area contributed by atoms with E-state index in [0.29, 0.717) is 13.1 Å². The summed E-state index contributed by atoms with van der Waals surface area (Å²) >= 11 is 0. The maximum atomic E-state index is 12.4. The number of hydrogen-bond donors (Lipinski definition) is 0. The van der Waals surface area contributed by atoms with E-state index < -0.39 is 5.60 Å². The topological polar surface area (TPSA) is 54.9 Å². The maximum absolute atomic E-state index is 12.4. The van der Waals surface area contributed by atoms with E-state index in [2.05, 4.69) is 22.9 Å². The zero-order valence-electron chi connectivity index (χ0n) is 15.0. The summed E-state index contributed by atoms with van der Waals surface area (Å²) in [5.41, 5.74) is 2.83. The number of pyridine rings is 1. The molecular formula is C18H27N3O3. The van der Waals surface area contributed by atoms with Gasteiger partial charge in [-0.2, -0.15) is 0 Å². The van der Waals surface area contributed by atoms with Crippen LogP contribution in [-0.2, 0) is 16.0 Å². The second-order valence-corrected chi connectivity index (χ2v) is 7.60. The van der Waals surface area contributed by atoms with E-state index in [1.54, 1.807) is 4.90 Å². The molecule has 1 saturated heterocycles. The SMILES string of the molecule is CC1CN(C(=O)OC(C)(C)C)Cc2cc(N3CCOCC3)cnc21. The Morgan fingerprint density at radius 2 is 2.04 bits per heavy atom. The van der Waals surface area contributed by atoms with Crippen LogP contribution in [0.2, 0.25) is 0 Å². The third kappa shape index (κ3) is 3.80. The molecule has 2 aliphatic rings. The highest BCUT2D eigenvalue weighted by Gasteiger charge is 2.30. The molecule has 1 amide bonds. The van der Waals surface area contributed by atoms with E-state index in [0.717, 1.165) is 43.2 Å². The largest absolute Gasteiger partial charge is 0.444 e. The highest BCUT2D eigenvalue weighted by atomic mass is 16.6. The van der Waals surface area contributed by atoms with Crippen LogP contribution in [-0.4, -0.2) is 54.4 Å². The highest BCUT2D eigenvalue weighted by Crippen LogP contribution is 2.30. The number of anilines is 1. The molecule has 0 saturated carbocycles. The van der Waals surface area contributed by atoms with Crippen LogP contribution in [0, 0.1) is 0 Å². The van der Waals surface area contributed by atoms with E-state index in [1.807, 2.05) is 27.0 Å². The molecule has 6 heteroatoms. The molecule has 0 N–H and O–H groups in total. The molecule has 1 aromatic heterocycles. The van der Waals surface area contributed by atoms with Crippen LogP contribution >= 0.6 is 0 Å². The van der Waals surface area contributed by atoms with Crippen LogP contribution < -0.4 is 4.90 Å². The summed E-state index contributed by atoms with van der Waals surface area (Å²) in [6.07, 6.45) is 1.70. The van der Waals surface area contributed by atoms with E-state index in [4.69, 9.17) is 9.47 Å². The van der Waals surface area contributed by atoms with Crippen molar-refractivity contribution in [2.75, 3.05) is 37.7 Å². The maximum Gasteiger partial charge on any atom is 0.410 e. The van der Waals surface area contributed by atoms with E-state index in [9.17, 15) is 4.79 Å². The molecule has 0 spiro atoms. The van der Waals surface area contributed by atoms with Crippen molar-refractivity contribution >= 4 is 11.8 Å². The Morgan fingerprint density at radius 3 is 2.71 bits per heavy atom. The fourth-order valence-corrected chi connectivity index (χ4v) is 3.23. The molecule has 1 aromatic rings. The van der Waals surface area contributed by atoms with Crippen molar-refractivity contribution in [1.82, 2.24) is 9.88 Å². The monoisotopic (exact) mass is 333 g/mol. The summed E-state index contributed by atoms with van der Waals surface area (Å²) in [6, 6.07) is 2.17. The van der Waals surface area contributed by atoms with Crippen LogP contribution in [0.1, 0.15) is 44.9 Å². The van der Waals surface area contributed by atoms with Crippen molar-refractivity contribution in [2.45, 2.75) is 45.8 Å². The quantitative estimate of drug-likeness (QED) is 0.791. The number of carbonyl (C=O) groups excluding carboxylic acids is 1. The van der Waals surface area contributed by atoms with Gasteiger partial charge in [-0.25, -0.2) is 4.79 Å². The number of carbonyl (C=O) groups is 1. The van der Waals surface area contributed by atoms with Crippen LogP contribution in [0.25, 0.3) is 0 Å².